The smallest absolute Gasteiger partial charge is 0.259 e. The molecule has 3 atom stereocenters. The van der Waals surface area contributed by atoms with Gasteiger partial charge < -0.3 is 29.1 Å². The number of pyridine rings is 1. The van der Waals surface area contributed by atoms with Gasteiger partial charge in [0.15, 0.2) is 0 Å². The van der Waals surface area contributed by atoms with Crippen molar-refractivity contribution in [1.29, 1.82) is 0 Å². The first kappa shape index (κ1) is 26.9. The van der Waals surface area contributed by atoms with Crippen molar-refractivity contribution in [3.8, 4) is 22.8 Å². The average molecular weight is 512 g/mol. The number of aliphatic hydroxyl groups is 1. The molecule has 0 radical (unpaired) electrons. The van der Waals surface area contributed by atoms with Crippen LogP contribution >= 0.6 is 0 Å². The lowest BCUT2D eigenvalue weighted by Crippen LogP contribution is -2.51. The summed E-state index contributed by atoms with van der Waals surface area (Å²) in [6.07, 6.45) is 2.75. The van der Waals surface area contributed by atoms with Crippen LogP contribution in [0.25, 0.3) is 11.1 Å². The molecule has 2 aliphatic heterocycles. The minimum absolute atomic E-state index is 0.0486. The number of aromatic nitrogens is 1. The molecule has 0 bridgehead atoms. The van der Waals surface area contributed by atoms with E-state index >= 15 is 0 Å². The molecular formula is C28H37N3O6. The number of methoxy groups -OCH3 is 1. The van der Waals surface area contributed by atoms with Crippen LogP contribution in [0.15, 0.2) is 36.5 Å². The van der Waals surface area contributed by atoms with Gasteiger partial charge in [0.2, 0.25) is 11.8 Å². The van der Waals surface area contributed by atoms with Gasteiger partial charge in [-0.15, -0.1) is 0 Å². The topological polar surface area (TPSA) is 101 Å². The monoisotopic (exact) mass is 511 g/mol. The van der Waals surface area contributed by atoms with E-state index in [9.17, 15) is 14.7 Å². The Kier molecular flexibility index (Phi) is 8.66. The van der Waals surface area contributed by atoms with Gasteiger partial charge in [0.25, 0.3) is 5.91 Å². The molecule has 1 fully saturated rings. The standard InChI is InChI=1S/C28H37N3O6/c1-18-15-31(19(2)17-32)28(34)24-13-22(20-5-7-23(35-4)8-6-20)14-29-26(24)37-25(18)16-30(3)27(33)21-9-11-36-12-10-21/h5-8,13-14,18-19,21,25,32H,9-12,15-17H2,1-4H3/t18-,19-,25-/m1/s1. The summed E-state index contributed by atoms with van der Waals surface area (Å²) in [5, 5.41) is 9.90. The van der Waals surface area contributed by atoms with Crippen LogP contribution in [-0.2, 0) is 9.53 Å². The quantitative estimate of drug-likeness (QED) is 0.610. The molecule has 2 aromatic rings. The van der Waals surface area contributed by atoms with Crippen LogP contribution in [0.5, 0.6) is 11.6 Å². The first-order valence-electron chi connectivity index (χ1n) is 12.9. The fourth-order valence-corrected chi connectivity index (χ4v) is 4.88. The summed E-state index contributed by atoms with van der Waals surface area (Å²) in [6.45, 7) is 5.62. The summed E-state index contributed by atoms with van der Waals surface area (Å²) in [5.41, 5.74) is 2.00. The molecule has 2 amide bonds. The second kappa shape index (κ2) is 11.9. The van der Waals surface area contributed by atoms with Gasteiger partial charge in [-0.25, -0.2) is 4.98 Å². The Bertz CT molecular complexity index is 1090. The number of fused-ring (bicyclic) bond motifs is 1. The van der Waals surface area contributed by atoms with E-state index in [1.807, 2.05) is 38.1 Å². The number of nitrogens with zero attached hydrogens (tertiary/aromatic N) is 3. The van der Waals surface area contributed by atoms with Crippen LogP contribution in [-0.4, -0.2) is 90.9 Å². The first-order chi connectivity index (χ1) is 17.8. The number of aliphatic hydroxyl groups excluding tert-OH is 1. The highest BCUT2D eigenvalue weighted by Crippen LogP contribution is 2.31. The predicted octanol–water partition coefficient (Wildman–Crippen LogP) is 2.86. The molecule has 3 heterocycles. The fraction of sp³-hybridized carbons (Fsp3) is 0.536. The molecule has 0 unspecified atom stereocenters. The van der Waals surface area contributed by atoms with Gasteiger partial charge in [-0.3, -0.25) is 9.59 Å². The minimum atomic E-state index is -0.382. The zero-order valence-corrected chi connectivity index (χ0v) is 22.1. The Labute approximate surface area is 218 Å². The third-order valence-corrected chi connectivity index (χ3v) is 7.34. The van der Waals surface area contributed by atoms with Crippen LogP contribution in [0.4, 0.5) is 0 Å². The maximum atomic E-state index is 13.7. The second-order valence-electron chi connectivity index (χ2n) is 10.0. The first-order valence-corrected chi connectivity index (χ1v) is 12.9. The number of ether oxygens (including phenoxy) is 3. The van der Waals surface area contributed by atoms with Crippen LogP contribution < -0.4 is 9.47 Å². The van der Waals surface area contributed by atoms with Crippen molar-refractivity contribution >= 4 is 11.8 Å². The van der Waals surface area contributed by atoms with Crippen LogP contribution in [0.3, 0.4) is 0 Å². The Hall–Kier alpha value is -3.17. The van der Waals surface area contributed by atoms with E-state index in [0.717, 1.165) is 29.7 Å². The van der Waals surface area contributed by atoms with Gasteiger partial charge in [0.1, 0.15) is 17.4 Å². The number of hydrogen-bond acceptors (Lipinski definition) is 7. The van der Waals surface area contributed by atoms with Crippen molar-refractivity contribution in [3.63, 3.8) is 0 Å². The maximum Gasteiger partial charge on any atom is 0.259 e. The van der Waals surface area contributed by atoms with E-state index < -0.39 is 0 Å². The Morgan fingerprint density at radius 1 is 1.24 bits per heavy atom. The van der Waals surface area contributed by atoms with Crippen molar-refractivity contribution in [2.75, 3.05) is 47.1 Å². The summed E-state index contributed by atoms with van der Waals surface area (Å²) in [5.74, 6) is 0.673. The lowest BCUT2D eigenvalue weighted by molar-refractivity contribution is -0.138. The molecule has 0 saturated carbocycles. The van der Waals surface area contributed by atoms with Gasteiger partial charge >= 0.3 is 0 Å². The third-order valence-electron chi connectivity index (χ3n) is 7.34. The van der Waals surface area contributed by atoms with Crippen LogP contribution in [0.2, 0.25) is 0 Å². The van der Waals surface area contributed by atoms with Crippen molar-refractivity contribution in [3.05, 3.63) is 42.1 Å². The fourth-order valence-electron chi connectivity index (χ4n) is 4.88. The summed E-state index contributed by atoms with van der Waals surface area (Å²) < 4.78 is 17.0. The number of rotatable bonds is 7. The molecule has 9 nitrogen and oxygen atoms in total. The molecule has 1 aromatic heterocycles. The Morgan fingerprint density at radius 3 is 2.59 bits per heavy atom. The number of amides is 2. The van der Waals surface area contributed by atoms with Gasteiger partial charge in [-0.05, 0) is 43.5 Å². The molecule has 1 saturated heterocycles. The lowest BCUT2D eigenvalue weighted by Gasteiger charge is -2.38. The number of carbonyl (C=O) groups excluding carboxylic acids is 2. The van der Waals surface area contributed by atoms with Crippen LogP contribution in [0, 0.1) is 11.8 Å². The van der Waals surface area contributed by atoms with Crippen LogP contribution in [0.1, 0.15) is 37.0 Å². The Morgan fingerprint density at radius 2 is 1.95 bits per heavy atom. The van der Waals surface area contributed by atoms with E-state index in [1.165, 1.54) is 0 Å². The maximum absolute atomic E-state index is 13.7. The average Bonchev–Trinajstić information content (AvgIpc) is 2.94. The number of hydrogen-bond donors (Lipinski definition) is 1. The van der Waals surface area contributed by atoms with E-state index in [2.05, 4.69) is 4.98 Å². The molecule has 200 valence electrons. The highest BCUT2D eigenvalue weighted by atomic mass is 16.5. The second-order valence-corrected chi connectivity index (χ2v) is 10.0. The SMILES string of the molecule is COc1ccc(-c2cnc3c(c2)C(=O)N([C@H](C)CO)C[C@@H](C)[C@@H](CN(C)C(=O)C2CCOCC2)O3)cc1. The normalized spacial score (nSPS) is 21.3. The predicted molar refractivity (Wildman–Crippen MR) is 139 cm³/mol. The number of likely N-dealkylation sites (N-methyl/N-ethyl adjacent to an activating group) is 1. The number of carbonyl (C=O) groups is 2. The molecule has 0 spiro atoms. The van der Waals surface area contributed by atoms with E-state index in [4.69, 9.17) is 14.2 Å². The van der Waals surface area contributed by atoms with Gasteiger partial charge in [-0.2, -0.15) is 0 Å². The molecule has 0 aliphatic carbocycles. The van der Waals surface area contributed by atoms with Gasteiger partial charge in [-0.1, -0.05) is 19.1 Å². The van der Waals surface area contributed by atoms with Crippen molar-refractivity contribution in [1.82, 2.24) is 14.8 Å². The summed E-state index contributed by atoms with van der Waals surface area (Å²) in [6, 6.07) is 8.93. The van der Waals surface area contributed by atoms with Crippen molar-refractivity contribution < 1.29 is 28.9 Å². The van der Waals surface area contributed by atoms with Crippen molar-refractivity contribution in [2.24, 2.45) is 11.8 Å². The van der Waals surface area contributed by atoms with E-state index in [1.54, 1.807) is 36.2 Å². The molecule has 37 heavy (non-hydrogen) atoms. The summed E-state index contributed by atoms with van der Waals surface area (Å²) in [7, 11) is 3.41. The number of benzene rings is 1. The molecule has 2 aliphatic rings. The summed E-state index contributed by atoms with van der Waals surface area (Å²) in [4.78, 5) is 34.7. The highest BCUT2D eigenvalue weighted by molar-refractivity contribution is 5.98. The van der Waals surface area contributed by atoms with E-state index in [0.29, 0.717) is 31.9 Å². The highest BCUT2D eigenvalue weighted by Gasteiger charge is 2.35. The zero-order chi connectivity index (χ0) is 26.5. The zero-order valence-electron chi connectivity index (χ0n) is 22.1. The van der Waals surface area contributed by atoms with Gasteiger partial charge in [0.05, 0.1) is 26.3 Å². The molecular weight excluding hydrogens is 474 g/mol. The van der Waals surface area contributed by atoms with Gasteiger partial charge in [0, 0.05) is 50.4 Å². The molecule has 1 N–H and O–H groups in total. The van der Waals surface area contributed by atoms with Crippen molar-refractivity contribution in [2.45, 2.75) is 38.8 Å². The molecule has 1 aromatic carbocycles. The third kappa shape index (κ3) is 6.05. The lowest BCUT2D eigenvalue weighted by atomic mass is 9.97. The molecule has 9 heteroatoms. The van der Waals surface area contributed by atoms with E-state index in [-0.39, 0.29) is 48.3 Å². The Balaban J connectivity index is 1.64. The molecule has 4 rings (SSSR count). The largest absolute Gasteiger partial charge is 0.497 e. The minimum Gasteiger partial charge on any atom is -0.497 e. The summed E-state index contributed by atoms with van der Waals surface area (Å²) >= 11 is 0.